The fraction of sp³-hybridized carbons (Fsp3) is 0.308. The van der Waals surface area contributed by atoms with Crippen LogP contribution in [0.15, 0.2) is 24.5 Å². The number of anilines is 2. The third kappa shape index (κ3) is 2.56. The number of hydrogen-bond acceptors (Lipinski definition) is 5. The van der Waals surface area contributed by atoms with Crippen molar-refractivity contribution in [3.8, 4) is 0 Å². The van der Waals surface area contributed by atoms with Gasteiger partial charge in [0.15, 0.2) is 0 Å². The SMILES string of the molecule is Cc1nc(N)c(C)c(NC(C)c2ccncc2)n1. The van der Waals surface area contributed by atoms with Gasteiger partial charge in [0.1, 0.15) is 17.5 Å². The average molecular weight is 243 g/mol. The molecule has 0 saturated heterocycles. The third-order valence-electron chi connectivity index (χ3n) is 2.85. The van der Waals surface area contributed by atoms with Gasteiger partial charge < -0.3 is 11.1 Å². The molecule has 1 unspecified atom stereocenters. The summed E-state index contributed by atoms with van der Waals surface area (Å²) in [5, 5.41) is 3.35. The van der Waals surface area contributed by atoms with Gasteiger partial charge in [-0.1, -0.05) is 0 Å². The first-order valence-electron chi connectivity index (χ1n) is 5.85. The lowest BCUT2D eigenvalue weighted by atomic mass is 10.1. The molecular weight excluding hydrogens is 226 g/mol. The van der Waals surface area contributed by atoms with E-state index < -0.39 is 0 Å². The fourth-order valence-electron chi connectivity index (χ4n) is 1.73. The molecule has 0 fully saturated rings. The van der Waals surface area contributed by atoms with Gasteiger partial charge in [-0.25, -0.2) is 9.97 Å². The Morgan fingerprint density at radius 3 is 2.50 bits per heavy atom. The van der Waals surface area contributed by atoms with Crippen LogP contribution in [0.4, 0.5) is 11.6 Å². The maximum absolute atomic E-state index is 5.83. The first kappa shape index (κ1) is 12.3. The van der Waals surface area contributed by atoms with E-state index in [4.69, 9.17) is 5.73 Å². The second-order valence-electron chi connectivity index (χ2n) is 4.28. The lowest BCUT2D eigenvalue weighted by Gasteiger charge is -2.17. The van der Waals surface area contributed by atoms with Crippen LogP contribution in [0.25, 0.3) is 0 Å². The molecule has 0 aliphatic heterocycles. The molecule has 1 atom stereocenters. The molecule has 2 rings (SSSR count). The van der Waals surface area contributed by atoms with Crippen molar-refractivity contribution in [2.24, 2.45) is 0 Å². The minimum absolute atomic E-state index is 0.139. The van der Waals surface area contributed by atoms with Gasteiger partial charge >= 0.3 is 0 Å². The van der Waals surface area contributed by atoms with E-state index in [-0.39, 0.29) is 6.04 Å². The van der Waals surface area contributed by atoms with Crippen LogP contribution in [0.3, 0.4) is 0 Å². The van der Waals surface area contributed by atoms with Crippen molar-refractivity contribution in [3.63, 3.8) is 0 Å². The van der Waals surface area contributed by atoms with Crippen LogP contribution in [0, 0.1) is 13.8 Å². The van der Waals surface area contributed by atoms with E-state index in [1.165, 1.54) is 0 Å². The van der Waals surface area contributed by atoms with E-state index in [2.05, 4.69) is 27.2 Å². The Bertz CT molecular complexity index is 539. The van der Waals surface area contributed by atoms with Crippen LogP contribution >= 0.6 is 0 Å². The number of hydrogen-bond donors (Lipinski definition) is 2. The second kappa shape index (κ2) is 5.00. The highest BCUT2D eigenvalue weighted by Crippen LogP contribution is 2.22. The van der Waals surface area contributed by atoms with Gasteiger partial charge in [0, 0.05) is 18.0 Å². The molecule has 0 aliphatic carbocycles. The molecule has 0 saturated carbocycles. The minimum atomic E-state index is 0.139. The van der Waals surface area contributed by atoms with Gasteiger partial charge in [0.05, 0.1) is 6.04 Å². The van der Waals surface area contributed by atoms with Gasteiger partial charge in [-0.3, -0.25) is 4.98 Å². The Balaban J connectivity index is 2.24. The van der Waals surface area contributed by atoms with E-state index in [9.17, 15) is 0 Å². The van der Waals surface area contributed by atoms with E-state index >= 15 is 0 Å². The summed E-state index contributed by atoms with van der Waals surface area (Å²) in [5.74, 6) is 1.97. The Labute approximate surface area is 106 Å². The molecule has 2 heterocycles. The summed E-state index contributed by atoms with van der Waals surface area (Å²) in [5.41, 5.74) is 7.86. The van der Waals surface area contributed by atoms with Gasteiger partial charge in [0.25, 0.3) is 0 Å². The van der Waals surface area contributed by atoms with Crippen molar-refractivity contribution >= 4 is 11.6 Å². The molecule has 2 aromatic heterocycles. The molecule has 18 heavy (non-hydrogen) atoms. The Kier molecular flexibility index (Phi) is 3.41. The zero-order valence-electron chi connectivity index (χ0n) is 10.8. The molecule has 0 aromatic carbocycles. The monoisotopic (exact) mass is 243 g/mol. The molecule has 5 nitrogen and oxygen atoms in total. The van der Waals surface area contributed by atoms with Crippen molar-refractivity contribution in [3.05, 3.63) is 41.5 Å². The lowest BCUT2D eigenvalue weighted by Crippen LogP contribution is -2.12. The first-order chi connectivity index (χ1) is 8.58. The predicted octanol–water partition coefficient (Wildman–Crippen LogP) is 2.24. The number of aryl methyl sites for hydroxylation is 1. The van der Waals surface area contributed by atoms with Crippen molar-refractivity contribution in [2.75, 3.05) is 11.1 Å². The normalized spacial score (nSPS) is 12.2. The van der Waals surface area contributed by atoms with E-state index in [0.29, 0.717) is 11.6 Å². The second-order valence-corrected chi connectivity index (χ2v) is 4.28. The Morgan fingerprint density at radius 1 is 1.17 bits per heavy atom. The van der Waals surface area contributed by atoms with Crippen molar-refractivity contribution < 1.29 is 0 Å². The molecule has 5 heteroatoms. The van der Waals surface area contributed by atoms with Crippen LogP contribution in [-0.2, 0) is 0 Å². The third-order valence-corrected chi connectivity index (χ3v) is 2.85. The van der Waals surface area contributed by atoms with Crippen LogP contribution in [0.1, 0.15) is 29.9 Å². The summed E-state index contributed by atoms with van der Waals surface area (Å²) >= 11 is 0. The van der Waals surface area contributed by atoms with Gasteiger partial charge in [-0.05, 0) is 38.5 Å². The summed E-state index contributed by atoms with van der Waals surface area (Å²) in [4.78, 5) is 12.5. The lowest BCUT2D eigenvalue weighted by molar-refractivity contribution is 0.860. The van der Waals surface area contributed by atoms with Crippen LogP contribution in [0.5, 0.6) is 0 Å². The number of rotatable bonds is 3. The average Bonchev–Trinajstić information content (AvgIpc) is 2.36. The highest BCUT2D eigenvalue weighted by Gasteiger charge is 2.10. The summed E-state index contributed by atoms with van der Waals surface area (Å²) in [6.07, 6.45) is 3.56. The molecule has 0 amide bonds. The van der Waals surface area contributed by atoms with Gasteiger partial charge in [0.2, 0.25) is 0 Å². The number of nitrogens with one attached hydrogen (secondary N) is 1. The molecule has 0 bridgehead atoms. The first-order valence-corrected chi connectivity index (χ1v) is 5.85. The molecule has 0 aliphatic rings. The van der Waals surface area contributed by atoms with Crippen molar-refractivity contribution in [1.29, 1.82) is 0 Å². The van der Waals surface area contributed by atoms with Crippen molar-refractivity contribution in [2.45, 2.75) is 26.8 Å². The quantitative estimate of drug-likeness (QED) is 0.864. The van der Waals surface area contributed by atoms with Crippen molar-refractivity contribution in [1.82, 2.24) is 15.0 Å². The molecular formula is C13H17N5. The van der Waals surface area contributed by atoms with E-state index in [1.807, 2.05) is 26.0 Å². The Morgan fingerprint density at radius 2 is 1.83 bits per heavy atom. The summed E-state index contributed by atoms with van der Waals surface area (Å²) in [6, 6.07) is 4.09. The molecule has 3 N–H and O–H groups in total. The molecule has 94 valence electrons. The van der Waals surface area contributed by atoms with E-state index in [0.717, 1.165) is 16.9 Å². The Hall–Kier alpha value is -2.17. The van der Waals surface area contributed by atoms with Crippen LogP contribution in [-0.4, -0.2) is 15.0 Å². The number of nitrogen functional groups attached to an aromatic ring is 1. The highest BCUT2D eigenvalue weighted by molar-refractivity contribution is 5.55. The number of nitrogens with zero attached hydrogens (tertiary/aromatic N) is 3. The number of nitrogens with two attached hydrogens (primary N) is 1. The molecule has 2 aromatic rings. The predicted molar refractivity (Wildman–Crippen MR) is 72.2 cm³/mol. The molecule has 0 radical (unpaired) electrons. The van der Waals surface area contributed by atoms with Gasteiger partial charge in [-0.15, -0.1) is 0 Å². The van der Waals surface area contributed by atoms with Crippen LogP contribution in [0.2, 0.25) is 0 Å². The maximum atomic E-state index is 5.83. The van der Waals surface area contributed by atoms with Gasteiger partial charge in [-0.2, -0.15) is 0 Å². The standard InChI is InChI=1S/C13H17N5/c1-8-12(14)17-10(3)18-13(8)16-9(2)11-4-6-15-7-5-11/h4-7,9H,1-3H3,(H3,14,16,17,18). The summed E-state index contributed by atoms with van der Waals surface area (Å²) in [6.45, 7) is 5.82. The topological polar surface area (TPSA) is 76.7 Å². The molecule has 0 spiro atoms. The van der Waals surface area contributed by atoms with E-state index in [1.54, 1.807) is 12.4 Å². The minimum Gasteiger partial charge on any atom is -0.383 e. The zero-order chi connectivity index (χ0) is 13.1. The number of aromatic nitrogens is 3. The smallest absolute Gasteiger partial charge is 0.135 e. The summed E-state index contributed by atoms with van der Waals surface area (Å²) in [7, 11) is 0. The largest absolute Gasteiger partial charge is 0.383 e. The zero-order valence-corrected chi connectivity index (χ0v) is 10.8. The summed E-state index contributed by atoms with van der Waals surface area (Å²) < 4.78 is 0. The highest BCUT2D eigenvalue weighted by atomic mass is 15.1. The van der Waals surface area contributed by atoms with Crippen LogP contribution < -0.4 is 11.1 Å². The fourth-order valence-corrected chi connectivity index (χ4v) is 1.73. The number of pyridine rings is 1. The maximum Gasteiger partial charge on any atom is 0.135 e.